The molecule has 9 nitrogen and oxygen atoms in total. The highest BCUT2D eigenvalue weighted by molar-refractivity contribution is 5.96. The predicted octanol–water partition coefficient (Wildman–Crippen LogP) is 2.57. The molecule has 180 valence electrons. The molecule has 3 heterocycles. The highest BCUT2D eigenvalue weighted by Crippen LogP contribution is 2.25. The van der Waals surface area contributed by atoms with E-state index < -0.39 is 0 Å². The molecular formula is C26H27N5O4. The molecule has 2 aromatic carbocycles. The van der Waals surface area contributed by atoms with Crippen LogP contribution in [0.4, 0.5) is 10.5 Å². The van der Waals surface area contributed by atoms with Crippen molar-refractivity contribution in [3.63, 3.8) is 0 Å². The van der Waals surface area contributed by atoms with Gasteiger partial charge < -0.3 is 24.8 Å². The molecule has 1 unspecified atom stereocenters. The standard InChI is InChI=1S/C26H27N5O4/c27-15-18-3-4-20-16-31(17-21(20)14-18)26(34)28-22-7-5-19(6-8-22)24(32)29-9-11-30(12-10-29)25(33)23-2-1-13-35-23/h3-8,14,23H,1-2,9-13,16-17H2,(H,28,34). The molecule has 0 aromatic heterocycles. The molecule has 1 N–H and O–H groups in total. The van der Waals surface area contributed by atoms with Gasteiger partial charge in [-0.25, -0.2) is 4.79 Å². The zero-order valence-corrected chi connectivity index (χ0v) is 19.4. The van der Waals surface area contributed by atoms with Crippen molar-refractivity contribution in [1.82, 2.24) is 14.7 Å². The van der Waals surface area contributed by atoms with Crippen LogP contribution in [0.5, 0.6) is 0 Å². The third-order valence-corrected chi connectivity index (χ3v) is 6.81. The molecule has 35 heavy (non-hydrogen) atoms. The summed E-state index contributed by atoms with van der Waals surface area (Å²) in [5.74, 6) is -0.0586. The highest BCUT2D eigenvalue weighted by Gasteiger charge is 2.31. The summed E-state index contributed by atoms with van der Waals surface area (Å²) in [7, 11) is 0. The van der Waals surface area contributed by atoms with Crippen LogP contribution in [0, 0.1) is 11.3 Å². The van der Waals surface area contributed by atoms with Crippen molar-refractivity contribution in [2.24, 2.45) is 0 Å². The van der Waals surface area contributed by atoms with E-state index >= 15 is 0 Å². The summed E-state index contributed by atoms with van der Waals surface area (Å²) in [6.45, 7) is 3.57. The number of nitrogens with zero attached hydrogens (tertiary/aromatic N) is 4. The Labute approximate surface area is 203 Å². The average Bonchev–Trinajstić information content (AvgIpc) is 3.58. The van der Waals surface area contributed by atoms with Crippen LogP contribution >= 0.6 is 0 Å². The molecule has 1 atom stereocenters. The van der Waals surface area contributed by atoms with Gasteiger partial charge in [-0.15, -0.1) is 0 Å². The number of nitriles is 1. The number of rotatable bonds is 3. The van der Waals surface area contributed by atoms with Gasteiger partial charge in [-0.05, 0) is 60.4 Å². The Morgan fingerprint density at radius 2 is 1.63 bits per heavy atom. The summed E-state index contributed by atoms with van der Waals surface area (Å²) in [5.41, 5.74) is 3.75. The van der Waals surface area contributed by atoms with Gasteiger partial charge in [0, 0.05) is 57.1 Å². The molecule has 5 rings (SSSR count). The van der Waals surface area contributed by atoms with E-state index in [2.05, 4.69) is 11.4 Å². The van der Waals surface area contributed by atoms with Gasteiger partial charge in [0.1, 0.15) is 6.10 Å². The van der Waals surface area contributed by atoms with Crippen LogP contribution in [0.15, 0.2) is 42.5 Å². The largest absolute Gasteiger partial charge is 0.368 e. The summed E-state index contributed by atoms with van der Waals surface area (Å²) in [5, 5.41) is 11.9. The Bertz CT molecular complexity index is 1180. The average molecular weight is 474 g/mol. The van der Waals surface area contributed by atoms with Crippen LogP contribution in [0.3, 0.4) is 0 Å². The number of piperazine rings is 1. The van der Waals surface area contributed by atoms with E-state index in [1.54, 1.807) is 45.0 Å². The van der Waals surface area contributed by atoms with Crippen molar-refractivity contribution < 1.29 is 19.1 Å². The van der Waals surface area contributed by atoms with Crippen LogP contribution < -0.4 is 5.32 Å². The Morgan fingerprint density at radius 3 is 2.31 bits per heavy atom. The molecule has 0 spiro atoms. The first kappa shape index (κ1) is 22.9. The summed E-state index contributed by atoms with van der Waals surface area (Å²) in [6.07, 6.45) is 1.36. The number of amides is 4. The van der Waals surface area contributed by atoms with Gasteiger partial charge in [-0.3, -0.25) is 9.59 Å². The molecule has 3 aliphatic rings. The first-order valence-electron chi connectivity index (χ1n) is 11.9. The van der Waals surface area contributed by atoms with Crippen LogP contribution in [0.2, 0.25) is 0 Å². The number of fused-ring (bicyclic) bond motifs is 1. The zero-order chi connectivity index (χ0) is 24.4. The fourth-order valence-electron chi connectivity index (χ4n) is 4.79. The van der Waals surface area contributed by atoms with Gasteiger partial charge in [0.2, 0.25) is 0 Å². The van der Waals surface area contributed by atoms with Gasteiger partial charge in [0.25, 0.3) is 11.8 Å². The van der Waals surface area contributed by atoms with Gasteiger partial charge in [-0.1, -0.05) is 6.07 Å². The highest BCUT2D eigenvalue weighted by atomic mass is 16.5. The number of ether oxygens (including phenoxy) is 1. The lowest BCUT2D eigenvalue weighted by Crippen LogP contribution is -2.52. The summed E-state index contributed by atoms with van der Waals surface area (Å²) >= 11 is 0. The number of carbonyl (C=O) groups excluding carboxylic acids is 3. The minimum atomic E-state index is -0.329. The number of urea groups is 1. The van der Waals surface area contributed by atoms with Crippen molar-refractivity contribution in [3.8, 4) is 6.07 Å². The molecular weight excluding hydrogens is 446 g/mol. The number of anilines is 1. The Balaban J connectivity index is 1.13. The van der Waals surface area contributed by atoms with E-state index in [1.165, 1.54) is 0 Å². The molecule has 0 bridgehead atoms. The summed E-state index contributed by atoms with van der Waals surface area (Å²) in [4.78, 5) is 43.4. The topological polar surface area (TPSA) is 106 Å². The van der Waals surface area contributed by atoms with Crippen LogP contribution in [0.1, 0.15) is 39.9 Å². The van der Waals surface area contributed by atoms with Crippen LogP contribution in [-0.2, 0) is 22.6 Å². The lowest BCUT2D eigenvalue weighted by Gasteiger charge is -2.35. The maximum absolute atomic E-state index is 12.9. The second-order valence-electron chi connectivity index (χ2n) is 9.08. The maximum Gasteiger partial charge on any atom is 0.322 e. The second kappa shape index (κ2) is 9.76. The Morgan fingerprint density at radius 1 is 0.914 bits per heavy atom. The van der Waals surface area contributed by atoms with Crippen molar-refractivity contribution in [1.29, 1.82) is 5.26 Å². The lowest BCUT2D eigenvalue weighted by atomic mass is 10.1. The Kier molecular flexibility index (Phi) is 6.38. The third-order valence-electron chi connectivity index (χ3n) is 6.81. The normalized spacial score (nSPS) is 19.3. The maximum atomic E-state index is 12.9. The van der Waals surface area contributed by atoms with E-state index in [-0.39, 0.29) is 23.9 Å². The van der Waals surface area contributed by atoms with Crippen molar-refractivity contribution in [2.75, 3.05) is 38.1 Å². The molecule has 0 aliphatic carbocycles. The fraction of sp³-hybridized carbons (Fsp3) is 0.385. The number of nitrogens with one attached hydrogen (secondary N) is 1. The predicted molar refractivity (Wildman–Crippen MR) is 127 cm³/mol. The zero-order valence-electron chi connectivity index (χ0n) is 19.4. The summed E-state index contributed by atoms with van der Waals surface area (Å²) in [6, 6.07) is 14.2. The molecule has 4 amide bonds. The van der Waals surface area contributed by atoms with Crippen LogP contribution in [-0.4, -0.2) is 71.4 Å². The first-order valence-corrected chi connectivity index (χ1v) is 11.9. The van der Waals surface area contributed by atoms with E-state index in [0.717, 1.165) is 24.0 Å². The lowest BCUT2D eigenvalue weighted by molar-refractivity contribution is -0.142. The Hall–Kier alpha value is -3.90. The van der Waals surface area contributed by atoms with Gasteiger partial charge in [-0.2, -0.15) is 5.26 Å². The molecule has 3 aliphatic heterocycles. The molecule has 2 aromatic rings. The van der Waals surface area contributed by atoms with Gasteiger partial charge in [0.15, 0.2) is 0 Å². The fourth-order valence-corrected chi connectivity index (χ4v) is 4.79. The number of hydrogen-bond acceptors (Lipinski definition) is 5. The van der Waals surface area contributed by atoms with E-state index in [1.807, 2.05) is 12.1 Å². The molecule has 0 radical (unpaired) electrons. The smallest absolute Gasteiger partial charge is 0.322 e. The van der Waals surface area contributed by atoms with Crippen molar-refractivity contribution in [2.45, 2.75) is 32.0 Å². The minimum absolute atomic E-state index is 0.0290. The van der Waals surface area contributed by atoms with Crippen molar-refractivity contribution in [3.05, 3.63) is 64.7 Å². The van der Waals surface area contributed by atoms with Gasteiger partial charge in [0.05, 0.1) is 11.6 Å². The second-order valence-corrected chi connectivity index (χ2v) is 9.08. The number of benzene rings is 2. The van der Waals surface area contributed by atoms with E-state index in [9.17, 15) is 14.4 Å². The van der Waals surface area contributed by atoms with E-state index in [0.29, 0.717) is 62.7 Å². The first-order chi connectivity index (χ1) is 17.0. The number of carbonyl (C=O) groups is 3. The van der Waals surface area contributed by atoms with Crippen LogP contribution in [0.25, 0.3) is 0 Å². The molecule has 9 heteroatoms. The van der Waals surface area contributed by atoms with E-state index in [4.69, 9.17) is 10.00 Å². The number of hydrogen-bond donors (Lipinski definition) is 1. The molecule has 2 fully saturated rings. The SMILES string of the molecule is N#Cc1ccc2c(c1)CN(C(=O)Nc1ccc(C(=O)N3CCN(C(=O)C4CCCO4)CC3)cc1)C2. The quantitative estimate of drug-likeness (QED) is 0.738. The summed E-state index contributed by atoms with van der Waals surface area (Å²) < 4.78 is 5.49. The minimum Gasteiger partial charge on any atom is -0.368 e. The third kappa shape index (κ3) is 4.84. The van der Waals surface area contributed by atoms with Gasteiger partial charge >= 0.3 is 6.03 Å². The monoisotopic (exact) mass is 473 g/mol. The molecule has 0 saturated carbocycles. The molecule has 2 saturated heterocycles. The van der Waals surface area contributed by atoms with Crippen molar-refractivity contribution >= 4 is 23.5 Å².